The fourth-order valence-corrected chi connectivity index (χ4v) is 6.93. The standard InChI is InChI=1S/C23H20ClFN5OP/c24-22-7-8-26-23(28-22)30-9-11-32(31,12-10-30)21-14-16(5-6-19(21)25)13-20-18-4-2-1-3-17(18)15-27-29-20/h1-8,14-15H,9-13H2. The summed E-state index contributed by atoms with van der Waals surface area (Å²) in [7, 11) is -2.89. The molecule has 32 heavy (non-hydrogen) atoms. The maximum absolute atomic E-state index is 14.8. The summed E-state index contributed by atoms with van der Waals surface area (Å²) < 4.78 is 28.6. The third-order valence-corrected chi connectivity index (χ3v) is 9.10. The molecule has 0 amide bonds. The number of rotatable bonds is 4. The second-order valence-corrected chi connectivity index (χ2v) is 11.4. The van der Waals surface area contributed by atoms with E-state index in [9.17, 15) is 8.96 Å². The Kier molecular flexibility index (Phi) is 5.62. The predicted octanol–water partition coefficient (Wildman–Crippen LogP) is 4.31. The predicted molar refractivity (Wildman–Crippen MR) is 125 cm³/mol. The summed E-state index contributed by atoms with van der Waals surface area (Å²) in [5.74, 6) is 0.0843. The van der Waals surface area contributed by atoms with Gasteiger partial charge in [0, 0.05) is 54.1 Å². The molecule has 1 saturated heterocycles. The van der Waals surface area contributed by atoms with E-state index < -0.39 is 13.0 Å². The molecule has 162 valence electrons. The lowest BCUT2D eigenvalue weighted by molar-refractivity contribution is 0.570. The maximum Gasteiger partial charge on any atom is 0.226 e. The van der Waals surface area contributed by atoms with Crippen molar-refractivity contribution in [2.45, 2.75) is 6.42 Å². The van der Waals surface area contributed by atoms with Gasteiger partial charge in [0.2, 0.25) is 5.95 Å². The molecule has 4 aromatic rings. The van der Waals surface area contributed by atoms with Crippen molar-refractivity contribution in [2.24, 2.45) is 0 Å². The second-order valence-electron chi connectivity index (χ2n) is 7.84. The number of benzene rings is 2. The van der Waals surface area contributed by atoms with Crippen molar-refractivity contribution in [1.82, 2.24) is 20.2 Å². The molecule has 2 aromatic carbocycles. The van der Waals surface area contributed by atoms with E-state index in [-0.39, 0.29) is 0 Å². The zero-order chi connectivity index (χ0) is 22.1. The zero-order valence-corrected chi connectivity index (χ0v) is 18.8. The molecule has 3 heterocycles. The molecule has 0 radical (unpaired) electrons. The minimum Gasteiger partial charge on any atom is -0.340 e. The molecule has 0 unspecified atom stereocenters. The van der Waals surface area contributed by atoms with Gasteiger partial charge in [-0.15, -0.1) is 0 Å². The fraction of sp³-hybridized carbons (Fsp3) is 0.217. The van der Waals surface area contributed by atoms with Crippen LogP contribution < -0.4 is 10.2 Å². The summed E-state index contributed by atoms with van der Waals surface area (Å²) in [5.41, 5.74) is 1.68. The van der Waals surface area contributed by atoms with Gasteiger partial charge in [-0.2, -0.15) is 10.2 Å². The first-order valence-electron chi connectivity index (χ1n) is 10.3. The second kappa shape index (κ2) is 8.57. The minimum absolute atomic E-state index is 0.315. The van der Waals surface area contributed by atoms with E-state index in [1.165, 1.54) is 6.07 Å². The minimum atomic E-state index is -2.89. The number of nitrogens with zero attached hydrogens (tertiary/aromatic N) is 5. The highest BCUT2D eigenvalue weighted by molar-refractivity contribution is 7.71. The highest BCUT2D eigenvalue weighted by atomic mass is 35.5. The summed E-state index contributed by atoms with van der Waals surface area (Å²) in [6.07, 6.45) is 4.53. The van der Waals surface area contributed by atoms with Gasteiger partial charge in [-0.3, -0.25) is 0 Å². The van der Waals surface area contributed by atoms with Gasteiger partial charge in [-0.1, -0.05) is 41.9 Å². The van der Waals surface area contributed by atoms with Gasteiger partial charge < -0.3 is 9.46 Å². The third-order valence-electron chi connectivity index (χ3n) is 5.82. The van der Waals surface area contributed by atoms with Crippen LogP contribution in [0.15, 0.2) is 60.9 Å². The first-order valence-corrected chi connectivity index (χ1v) is 12.8. The molecule has 1 aliphatic heterocycles. The maximum atomic E-state index is 14.8. The van der Waals surface area contributed by atoms with Crippen molar-refractivity contribution >= 4 is 40.8 Å². The molecule has 0 aliphatic carbocycles. The Balaban J connectivity index is 1.40. The monoisotopic (exact) mass is 467 g/mol. The lowest BCUT2D eigenvalue weighted by Crippen LogP contribution is -2.38. The Labute approximate surface area is 189 Å². The summed E-state index contributed by atoms with van der Waals surface area (Å²) in [5, 5.41) is 11.1. The number of hydrogen-bond acceptors (Lipinski definition) is 6. The first kappa shape index (κ1) is 21.0. The van der Waals surface area contributed by atoms with Crippen LogP contribution in [0, 0.1) is 5.82 Å². The number of halogens is 2. The van der Waals surface area contributed by atoms with Crippen LogP contribution in [0.3, 0.4) is 0 Å². The van der Waals surface area contributed by atoms with Crippen LogP contribution in [0.1, 0.15) is 11.3 Å². The Morgan fingerprint density at radius 3 is 2.72 bits per heavy atom. The van der Waals surface area contributed by atoms with Crippen LogP contribution in [-0.4, -0.2) is 45.6 Å². The molecule has 6 nitrogen and oxygen atoms in total. The molecular formula is C23H20ClFN5OP. The third kappa shape index (κ3) is 4.10. The Morgan fingerprint density at radius 2 is 1.91 bits per heavy atom. The zero-order valence-electron chi connectivity index (χ0n) is 17.2. The molecule has 1 fully saturated rings. The van der Waals surface area contributed by atoms with Gasteiger partial charge in [0.05, 0.1) is 11.9 Å². The summed E-state index contributed by atoms with van der Waals surface area (Å²) >= 11 is 5.97. The van der Waals surface area contributed by atoms with Crippen molar-refractivity contribution in [1.29, 1.82) is 0 Å². The summed E-state index contributed by atoms with van der Waals surface area (Å²) in [6.45, 7) is 0.964. The number of hydrogen-bond donors (Lipinski definition) is 0. The quantitative estimate of drug-likeness (QED) is 0.329. The lowest BCUT2D eigenvalue weighted by atomic mass is 10.0. The smallest absolute Gasteiger partial charge is 0.226 e. The fourth-order valence-electron chi connectivity index (χ4n) is 4.10. The van der Waals surface area contributed by atoms with Crippen LogP contribution in [0.25, 0.3) is 10.8 Å². The molecule has 0 N–H and O–H groups in total. The van der Waals surface area contributed by atoms with Gasteiger partial charge in [0.15, 0.2) is 0 Å². The lowest BCUT2D eigenvalue weighted by Gasteiger charge is -2.32. The van der Waals surface area contributed by atoms with Gasteiger partial charge >= 0.3 is 0 Å². The largest absolute Gasteiger partial charge is 0.340 e. The Morgan fingerprint density at radius 1 is 1.09 bits per heavy atom. The topological polar surface area (TPSA) is 71.9 Å². The first-order chi connectivity index (χ1) is 15.5. The highest BCUT2D eigenvalue weighted by Crippen LogP contribution is 2.47. The van der Waals surface area contributed by atoms with Crippen LogP contribution in [0.4, 0.5) is 10.3 Å². The molecule has 5 rings (SSSR count). The number of fused-ring (bicyclic) bond motifs is 1. The van der Waals surface area contributed by atoms with Gasteiger partial charge in [-0.05, 0) is 23.8 Å². The van der Waals surface area contributed by atoms with E-state index in [4.69, 9.17) is 11.6 Å². The molecule has 0 saturated carbocycles. The van der Waals surface area contributed by atoms with Gasteiger partial charge in [0.1, 0.15) is 18.1 Å². The molecule has 2 aromatic heterocycles. The average Bonchev–Trinajstić information content (AvgIpc) is 2.81. The van der Waals surface area contributed by atoms with E-state index in [2.05, 4.69) is 20.2 Å². The van der Waals surface area contributed by atoms with Crippen molar-refractivity contribution in [3.05, 3.63) is 83.2 Å². The summed E-state index contributed by atoms with van der Waals surface area (Å²) in [4.78, 5) is 10.4. The van der Waals surface area contributed by atoms with Crippen molar-refractivity contribution in [3.8, 4) is 0 Å². The van der Waals surface area contributed by atoms with E-state index in [0.717, 1.165) is 22.0 Å². The molecule has 0 bridgehead atoms. The normalized spacial score (nSPS) is 15.8. The van der Waals surface area contributed by atoms with E-state index in [1.807, 2.05) is 29.2 Å². The Bertz CT molecular complexity index is 1330. The van der Waals surface area contributed by atoms with E-state index in [1.54, 1.807) is 30.6 Å². The van der Waals surface area contributed by atoms with E-state index in [0.29, 0.717) is 48.2 Å². The SMILES string of the molecule is O=P1(c2cc(Cc3nncc4ccccc34)ccc2F)CCN(c2nccc(Cl)n2)CC1. The van der Waals surface area contributed by atoms with Crippen molar-refractivity contribution in [3.63, 3.8) is 0 Å². The summed E-state index contributed by atoms with van der Waals surface area (Å²) in [6, 6.07) is 14.4. The number of anilines is 1. The molecule has 9 heteroatoms. The number of aromatic nitrogens is 4. The molecule has 0 spiro atoms. The average molecular weight is 468 g/mol. The molecular weight excluding hydrogens is 448 g/mol. The van der Waals surface area contributed by atoms with Crippen molar-refractivity contribution in [2.75, 3.05) is 30.3 Å². The van der Waals surface area contributed by atoms with Crippen molar-refractivity contribution < 1.29 is 8.96 Å². The van der Waals surface area contributed by atoms with Gasteiger partial charge in [-0.25, -0.2) is 14.4 Å². The molecule has 1 aliphatic rings. The highest BCUT2D eigenvalue weighted by Gasteiger charge is 2.33. The van der Waals surface area contributed by atoms with Crippen LogP contribution >= 0.6 is 18.7 Å². The molecule has 0 atom stereocenters. The van der Waals surface area contributed by atoms with Crippen LogP contribution in [0.2, 0.25) is 5.15 Å². The van der Waals surface area contributed by atoms with E-state index >= 15 is 0 Å². The van der Waals surface area contributed by atoms with Crippen LogP contribution in [0.5, 0.6) is 0 Å². The van der Waals surface area contributed by atoms with Crippen LogP contribution in [-0.2, 0) is 11.0 Å². The van der Waals surface area contributed by atoms with Gasteiger partial charge in [0.25, 0.3) is 0 Å². The Hall–Kier alpha value is -2.89.